The number of rotatable bonds is 38. The molecule has 0 atom stereocenters. The Hall–Kier alpha value is -1.67. The van der Waals surface area contributed by atoms with Crippen molar-refractivity contribution in [2.24, 2.45) is 0 Å². The first-order chi connectivity index (χ1) is 25.3. The number of hydrogen-bond acceptors (Lipinski definition) is 6. The number of quaternary nitrogens is 1. The SMILES string of the molecule is CCCCCCCC[N+](CCCCCCCC)(CCCCCCCC)CC(=O)OCC.CCCCCCNC(=O)COCC(=O)OCCCCCC. The molecule has 0 radical (unpaired) electrons. The van der Waals surface area contributed by atoms with Crippen LogP contribution in [0.25, 0.3) is 0 Å². The van der Waals surface area contributed by atoms with E-state index in [1.807, 2.05) is 6.92 Å². The quantitative estimate of drug-likeness (QED) is 0.0385. The lowest BCUT2D eigenvalue weighted by Crippen LogP contribution is -2.53. The summed E-state index contributed by atoms with van der Waals surface area (Å²) in [6, 6.07) is 0. The van der Waals surface area contributed by atoms with Crippen molar-refractivity contribution in [1.29, 1.82) is 0 Å². The Morgan fingerprint density at radius 2 is 0.846 bits per heavy atom. The van der Waals surface area contributed by atoms with E-state index in [4.69, 9.17) is 14.2 Å². The van der Waals surface area contributed by atoms with Gasteiger partial charge in [-0.1, -0.05) is 150 Å². The van der Waals surface area contributed by atoms with E-state index in [1.54, 1.807) is 0 Å². The molecule has 310 valence electrons. The molecule has 0 rings (SSSR count). The molecule has 0 aromatic carbocycles. The minimum Gasteiger partial charge on any atom is -0.464 e. The fraction of sp³-hybridized carbons (Fsp3) is 0.932. The summed E-state index contributed by atoms with van der Waals surface area (Å²) in [6.07, 6.45) is 32.6. The molecule has 1 N–H and O–H groups in total. The topological polar surface area (TPSA) is 90.9 Å². The second kappa shape index (κ2) is 42.1. The molecule has 0 saturated carbocycles. The van der Waals surface area contributed by atoms with Gasteiger partial charge in [0.05, 0.1) is 32.8 Å². The Balaban J connectivity index is 0. The monoisotopic (exact) mass is 742 g/mol. The highest BCUT2D eigenvalue weighted by Crippen LogP contribution is 2.19. The Morgan fingerprint density at radius 1 is 0.442 bits per heavy atom. The van der Waals surface area contributed by atoms with Crippen molar-refractivity contribution in [2.45, 2.75) is 208 Å². The summed E-state index contributed by atoms with van der Waals surface area (Å²) < 4.78 is 16.4. The van der Waals surface area contributed by atoms with Gasteiger partial charge in [-0.25, -0.2) is 9.59 Å². The van der Waals surface area contributed by atoms with Gasteiger partial charge in [0, 0.05) is 6.54 Å². The molecular formula is C44H89N2O6+. The zero-order valence-electron chi connectivity index (χ0n) is 35.6. The van der Waals surface area contributed by atoms with Crippen LogP contribution >= 0.6 is 0 Å². The summed E-state index contributed by atoms with van der Waals surface area (Å²) in [7, 11) is 0. The van der Waals surface area contributed by atoms with E-state index in [2.05, 4.69) is 39.9 Å². The highest BCUT2D eigenvalue weighted by atomic mass is 16.6. The Morgan fingerprint density at radius 3 is 1.29 bits per heavy atom. The lowest BCUT2D eigenvalue weighted by Gasteiger charge is -2.38. The minimum atomic E-state index is -0.401. The van der Waals surface area contributed by atoms with Gasteiger partial charge in [0.1, 0.15) is 13.2 Å². The highest BCUT2D eigenvalue weighted by Gasteiger charge is 2.30. The molecule has 0 saturated heterocycles. The summed E-state index contributed by atoms with van der Waals surface area (Å²) in [6.45, 7) is 18.5. The van der Waals surface area contributed by atoms with E-state index < -0.39 is 5.97 Å². The van der Waals surface area contributed by atoms with Crippen LogP contribution in [0, 0.1) is 0 Å². The predicted octanol–water partition coefficient (Wildman–Crippen LogP) is 11.3. The molecule has 0 fully saturated rings. The molecule has 0 aromatic heterocycles. The average molecular weight is 742 g/mol. The number of nitrogens with one attached hydrogen (secondary N) is 1. The van der Waals surface area contributed by atoms with Gasteiger partial charge in [-0.05, 0) is 58.3 Å². The van der Waals surface area contributed by atoms with E-state index in [1.165, 1.54) is 128 Å². The zero-order valence-corrected chi connectivity index (χ0v) is 35.6. The first-order valence-corrected chi connectivity index (χ1v) is 22.3. The summed E-state index contributed by atoms with van der Waals surface area (Å²) in [5, 5.41) is 2.77. The molecule has 8 nitrogen and oxygen atoms in total. The van der Waals surface area contributed by atoms with Crippen LogP contribution in [0.15, 0.2) is 0 Å². The van der Waals surface area contributed by atoms with E-state index in [-0.39, 0.29) is 25.1 Å². The Kier molecular flexibility index (Phi) is 42.4. The van der Waals surface area contributed by atoms with Crippen molar-refractivity contribution in [2.75, 3.05) is 59.2 Å². The maximum absolute atomic E-state index is 12.5. The lowest BCUT2D eigenvalue weighted by molar-refractivity contribution is -0.922. The standard InChI is InChI=1S/C28H58NO2.C16H31NO4/c1-5-9-12-15-18-21-24-29(27-28(30)31-8-4,25-22-19-16-13-10-6-2)26-23-20-17-14-11-7-3;1-3-5-7-9-11-17-15(18)13-20-14-16(19)21-12-10-8-6-4-2/h5-27H2,1-4H3;3-14H2,1-2H3,(H,17,18)/q+1;. The van der Waals surface area contributed by atoms with Crippen LogP contribution in [-0.2, 0) is 28.6 Å². The molecule has 52 heavy (non-hydrogen) atoms. The van der Waals surface area contributed by atoms with Gasteiger partial charge in [0.15, 0.2) is 6.54 Å². The smallest absolute Gasteiger partial charge is 0.361 e. The number of carbonyl (C=O) groups excluding carboxylic acids is 3. The van der Waals surface area contributed by atoms with Crippen molar-refractivity contribution < 1.29 is 33.1 Å². The van der Waals surface area contributed by atoms with Gasteiger partial charge in [0.2, 0.25) is 5.91 Å². The molecule has 0 spiro atoms. The number of esters is 2. The molecule has 0 aliphatic heterocycles. The predicted molar refractivity (Wildman–Crippen MR) is 220 cm³/mol. The number of carbonyl (C=O) groups is 3. The molecule has 0 aliphatic rings. The van der Waals surface area contributed by atoms with E-state index in [0.29, 0.717) is 26.3 Å². The van der Waals surface area contributed by atoms with Crippen molar-refractivity contribution in [1.82, 2.24) is 5.32 Å². The van der Waals surface area contributed by atoms with Crippen LogP contribution in [0.5, 0.6) is 0 Å². The van der Waals surface area contributed by atoms with Crippen LogP contribution in [0.1, 0.15) is 208 Å². The second-order valence-corrected chi connectivity index (χ2v) is 15.0. The number of amides is 1. The molecule has 0 unspecified atom stereocenters. The van der Waals surface area contributed by atoms with Crippen LogP contribution in [0.4, 0.5) is 0 Å². The van der Waals surface area contributed by atoms with E-state index in [0.717, 1.165) is 62.6 Å². The third-order valence-corrected chi connectivity index (χ3v) is 9.79. The summed E-state index contributed by atoms with van der Waals surface area (Å²) in [4.78, 5) is 35.3. The summed E-state index contributed by atoms with van der Waals surface area (Å²) >= 11 is 0. The number of unbranched alkanes of at least 4 members (excludes halogenated alkanes) is 21. The van der Waals surface area contributed by atoms with Gasteiger partial charge in [-0.2, -0.15) is 0 Å². The number of nitrogens with zero attached hydrogens (tertiary/aromatic N) is 1. The number of ether oxygens (including phenoxy) is 3. The summed E-state index contributed by atoms with van der Waals surface area (Å²) in [5.41, 5.74) is 0. The first kappa shape index (κ1) is 52.4. The lowest BCUT2D eigenvalue weighted by atomic mass is 10.1. The van der Waals surface area contributed by atoms with Crippen molar-refractivity contribution in [3.8, 4) is 0 Å². The fourth-order valence-corrected chi connectivity index (χ4v) is 6.55. The Labute approximate surface area is 323 Å². The van der Waals surface area contributed by atoms with Crippen LogP contribution in [-0.4, -0.2) is 81.5 Å². The van der Waals surface area contributed by atoms with Gasteiger partial charge in [0.25, 0.3) is 0 Å². The largest absolute Gasteiger partial charge is 0.464 e. The molecule has 0 aliphatic carbocycles. The zero-order chi connectivity index (χ0) is 38.8. The molecule has 0 bridgehead atoms. The van der Waals surface area contributed by atoms with E-state index >= 15 is 0 Å². The normalized spacial score (nSPS) is 11.2. The maximum atomic E-state index is 12.5. The van der Waals surface area contributed by atoms with Gasteiger partial charge in [-0.15, -0.1) is 0 Å². The van der Waals surface area contributed by atoms with E-state index in [9.17, 15) is 14.4 Å². The fourth-order valence-electron chi connectivity index (χ4n) is 6.55. The van der Waals surface area contributed by atoms with Crippen molar-refractivity contribution in [3.63, 3.8) is 0 Å². The van der Waals surface area contributed by atoms with Crippen LogP contribution in [0.3, 0.4) is 0 Å². The van der Waals surface area contributed by atoms with Gasteiger partial charge in [-0.3, -0.25) is 4.79 Å². The average Bonchev–Trinajstić information content (AvgIpc) is 3.13. The second-order valence-electron chi connectivity index (χ2n) is 15.0. The van der Waals surface area contributed by atoms with Crippen molar-refractivity contribution in [3.05, 3.63) is 0 Å². The maximum Gasteiger partial charge on any atom is 0.361 e. The first-order valence-electron chi connectivity index (χ1n) is 22.3. The molecule has 0 aromatic rings. The van der Waals surface area contributed by atoms with Gasteiger partial charge < -0.3 is 24.0 Å². The van der Waals surface area contributed by atoms with Gasteiger partial charge >= 0.3 is 11.9 Å². The Bertz CT molecular complexity index is 711. The third-order valence-electron chi connectivity index (χ3n) is 9.79. The molecular weight excluding hydrogens is 652 g/mol. The summed E-state index contributed by atoms with van der Waals surface area (Å²) in [5.74, 6) is -0.560. The van der Waals surface area contributed by atoms with Crippen molar-refractivity contribution >= 4 is 17.8 Å². The van der Waals surface area contributed by atoms with Crippen LogP contribution < -0.4 is 5.32 Å². The molecule has 1 amide bonds. The molecule has 8 heteroatoms. The number of hydrogen-bond donors (Lipinski definition) is 1. The van der Waals surface area contributed by atoms with Crippen LogP contribution in [0.2, 0.25) is 0 Å². The third kappa shape index (κ3) is 38.1. The highest BCUT2D eigenvalue weighted by molar-refractivity contribution is 5.77. The minimum absolute atomic E-state index is 0.0189. The molecule has 0 heterocycles.